The second-order valence-electron chi connectivity index (χ2n) is 5.19. The second-order valence-corrected chi connectivity index (χ2v) is 6.34. The zero-order chi connectivity index (χ0) is 14.7. The smallest absolute Gasteiger partial charge is 0.120 e. The first kappa shape index (κ1) is 15.0. The molecule has 0 fully saturated rings. The van der Waals surface area contributed by atoms with E-state index in [4.69, 9.17) is 0 Å². The number of rotatable bonds is 5. The number of phenolic OH excluding ortho intramolecular Hbond substituents is 1. The summed E-state index contributed by atoms with van der Waals surface area (Å²) in [4.78, 5) is 5.77. The largest absolute Gasteiger partial charge is 0.508 e. The molecule has 2 unspecified atom stereocenters. The van der Waals surface area contributed by atoms with Crippen LogP contribution in [0.4, 0.5) is 0 Å². The fourth-order valence-electron chi connectivity index (χ4n) is 2.24. The number of hydrogen-bond acceptors (Lipinski definition) is 4. The van der Waals surface area contributed by atoms with E-state index in [-0.39, 0.29) is 12.1 Å². The Hall–Kier alpha value is -1.39. The topological polar surface area (TPSA) is 45.2 Å². The molecule has 1 aromatic carbocycles. The molecule has 1 heterocycles. The van der Waals surface area contributed by atoms with Gasteiger partial charge >= 0.3 is 0 Å². The predicted molar refractivity (Wildman–Crippen MR) is 84.3 cm³/mol. The van der Waals surface area contributed by atoms with Crippen molar-refractivity contribution < 1.29 is 5.11 Å². The minimum absolute atomic E-state index is 0.0829. The first-order valence-corrected chi connectivity index (χ1v) is 7.83. The normalized spacial score (nSPS) is 14.2. The standard InChI is InChI=1S/C16H22N2OS/c1-5-13-9-17-16(20-13)12(4)18-11(3)14-7-6-10(2)8-15(14)19/h6-9,11-12,18-19H,5H2,1-4H3. The third-order valence-corrected chi connectivity index (χ3v) is 4.77. The predicted octanol–water partition coefficient (Wildman–Crippen LogP) is 4.13. The first-order chi connectivity index (χ1) is 9.51. The number of phenols is 1. The SMILES string of the molecule is CCc1cnc(C(C)NC(C)c2ccc(C)cc2O)s1. The highest BCUT2D eigenvalue weighted by molar-refractivity contribution is 7.11. The summed E-state index contributed by atoms with van der Waals surface area (Å²) in [5.41, 5.74) is 1.99. The lowest BCUT2D eigenvalue weighted by Crippen LogP contribution is -2.22. The molecule has 0 amide bonds. The zero-order valence-electron chi connectivity index (χ0n) is 12.5. The molecule has 2 atom stereocenters. The fraction of sp³-hybridized carbons (Fsp3) is 0.438. The van der Waals surface area contributed by atoms with Crippen molar-refractivity contribution in [3.8, 4) is 5.75 Å². The molecule has 3 nitrogen and oxygen atoms in total. The molecule has 4 heteroatoms. The summed E-state index contributed by atoms with van der Waals surface area (Å²) in [6.07, 6.45) is 2.98. The van der Waals surface area contributed by atoms with E-state index in [1.54, 1.807) is 17.4 Å². The summed E-state index contributed by atoms with van der Waals surface area (Å²) < 4.78 is 0. The number of nitrogens with zero attached hydrogens (tertiary/aromatic N) is 1. The van der Waals surface area contributed by atoms with Gasteiger partial charge in [0.15, 0.2) is 0 Å². The Labute approximate surface area is 124 Å². The van der Waals surface area contributed by atoms with Crippen molar-refractivity contribution in [1.82, 2.24) is 10.3 Å². The molecule has 0 saturated heterocycles. The molecule has 2 rings (SSSR count). The van der Waals surface area contributed by atoms with Crippen molar-refractivity contribution in [2.24, 2.45) is 0 Å². The van der Waals surface area contributed by atoms with Crippen molar-refractivity contribution in [1.29, 1.82) is 0 Å². The van der Waals surface area contributed by atoms with E-state index in [1.807, 2.05) is 25.3 Å². The summed E-state index contributed by atoms with van der Waals surface area (Å²) in [5, 5.41) is 14.6. The highest BCUT2D eigenvalue weighted by Gasteiger charge is 2.16. The van der Waals surface area contributed by atoms with Gasteiger partial charge < -0.3 is 10.4 Å². The molecule has 2 aromatic rings. The minimum Gasteiger partial charge on any atom is -0.508 e. The van der Waals surface area contributed by atoms with Crippen LogP contribution in [0.5, 0.6) is 5.75 Å². The molecule has 0 aliphatic carbocycles. The Balaban J connectivity index is 2.08. The summed E-state index contributed by atoms with van der Waals surface area (Å²) in [6, 6.07) is 6.07. The Bertz CT molecular complexity index is 580. The van der Waals surface area contributed by atoms with Gasteiger partial charge in [0.25, 0.3) is 0 Å². The van der Waals surface area contributed by atoms with Gasteiger partial charge in [-0.05, 0) is 38.8 Å². The van der Waals surface area contributed by atoms with Gasteiger partial charge in [-0.1, -0.05) is 19.1 Å². The van der Waals surface area contributed by atoms with Gasteiger partial charge in [-0.25, -0.2) is 4.98 Å². The molecule has 0 bridgehead atoms. The second kappa shape index (κ2) is 6.37. The lowest BCUT2D eigenvalue weighted by Gasteiger charge is -2.20. The molecule has 108 valence electrons. The van der Waals surface area contributed by atoms with Crippen LogP contribution in [0.1, 0.15) is 53.9 Å². The molecule has 0 radical (unpaired) electrons. The molecule has 20 heavy (non-hydrogen) atoms. The number of aromatic nitrogens is 1. The maximum absolute atomic E-state index is 10.0. The third kappa shape index (κ3) is 3.38. The van der Waals surface area contributed by atoms with E-state index in [2.05, 4.69) is 31.1 Å². The molecule has 0 saturated carbocycles. The average Bonchev–Trinajstić information content (AvgIpc) is 2.87. The summed E-state index contributed by atoms with van der Waals surface area (Å²) in [7, 11) is 0. The molecular weight excluding hydrogens is 268 g/mol. The van der Waals surface area contributed by atoms with Gasteiger partial charge in [-0.3, -0.25) is 0 Å². The quantitative estimate of drug-likeness (QED) is 0.870. The monoisotopic (exact) mass is 290 g/mol. The van der Waals surface area contributed by atoms with E-state index in [9.17, 15) is 5.11 Å². The van der Waals surface area contributed by atoms with Crippen LogP contribution in [-0.2, 0) is 6.42 Å². The maximum Gasteiger partial charge on any atom is 0.120 e. The summed E-state index contributed by atoms with van der Waals surface area (Å²) in [5.74, 6) is 0.352. The molecule has 1 aromatic heterocycles. The van der Waals surface area contributed by atoms with E-state index in [0.717, 1.165) is 22.6 Å². The molecule has 0 spiro atoms. The van der Waals surface area contributed by atoms with Crippen LogP contribution in [0.3, 0.4) is 0 Å². The fourth-order valence-corrected chi connectivity index (χ4v) is 3.11. The van der Waals surface area contributed by atoms with Gasteiger partial charge in [0.05, 0.1) is 6.04 Å². The van der Waals surface area contributed by atoms with Crippen molar-refractivity contribution in [3.63, 3.8) is 0 Å². The number of aromatic hydroxyl groups is 1. The Morgan fingerprint density at radius 3 is 2.65 bits per heavy atom. The van der Waals surface area contributed by atoms with Gasteiger partial charge in [-0.2, -0.15) is 0 Å². The first-order valence-electron chi connectivity index (χ1n) is 7.01. The average molecular weight is 290 g/mol. The van der Waals surface area contributed by atoms with Crippen LogP contribution in [0.15, 0.2) is 24.4 Å². The molecule has 0 aliphatic heterocycles. The number of thiazole rings is 1. The van der Waals surface area contributed by atoms with Crippen LogP contribution in [0.2, 0.25) is 0 Å². The summed E-state index contributed by atoms with van der Waals surface area (Å²) in [6.45, 7) is 8.30. The number of benzene rings is 1. The van der Waals surface area contributed by atoms with Crippen LogP contribution >= 0.6 is 11.3 Å². The van der Waals surface area contributed by atoms with Gasteiger partial charge in [0, 0.05) is 22.7 Å². The number of hydrogen-bond donors (Lipinski definition) is 2. The molecule has 2 N–H and O–H groups in total. The number of nitrogens with one attached hydrogen (secondary N) is 1. The van der Waals surface area contributed by atoms with Crippen LogP contribution in [0.25, 0.3) is 0 Å². The van der Waals surface area contributed by atoms with E-state index in [0.29, 0.717) is 5.75 Å². The van der Waals surface area contributed by atoms with Crippen LogP contribution in [0, 0.1) is 6.92 Å². The zero-order valence-corrected chi connectivity index (χ0v) is 13.3. The van der Waals surface area contributed by atoms with Crippen molar-refractivity contribution >= 4 is 11.3 Å². The Kier molecular flexibility index (Phi) is 4.78. The van der Waals surface area contributed by atoms with Crippen LogP contribution < -0.4 is 5.32 Å². The molecular formula is C16H22N2OS. The van der Waals surface area contributed by atoms with Gasteiger partial charge in [0.1, 0.15) is 10.8 Å². The third-order valence-electron chi connectivity index (χ3n) is 3.44. The number of aryl methyl sites for hydroxylation is 2. The van der Waals surface area contributed by atoms with Crippen molar-refractivity contribution in [2.45, 2.75) is 46.2 Å². The van der Waals surface area contributed by atoms with E-state index < -0.39 is 0 Å². The lowest BCUT2D eigenvalue weighted by atomic mass is 10.0. The lowest BCUT2D eigenvalue weighted by molar-refractivity contribution is 0.438. The maximum atomic E-state index is 10.0. The van der Waals surface area contributed by atoms with Crippen molar-refractivity contribution in [2.75, 3.05) is 0 Å². The van der Waals surface area contributed by atoms with Crippen molar-refractivity contribution in [3.05, 3.63) is 45.4 Å². The molecule has 0 aliphatic rings. The Morgan fingerprint density at radius 2 is 2.05 bits per heavy atom. The van der Waals surface area contributed by atoms with E-state index >= 15 is 0 Å². The summed E-state index contributed by atoms with van der Waals surface area (Å²) >= 11 is 1.75. The van der Waals surface area contributed by atoms with Gasteiger partial charge in [-0.15, -0.1) is 11.3 Å². The highest BCUT2D eigenvalue weighted by Crippen LogP contribution is 2.28. The Morgan fingerprint density at radius 1 is 1.30 bits per heavy atom. The van der Waals surface area contributed by atoms with Crippen LogP contribution in [-0.4, -0.2) is 10.1 Å². The highest BCUT2D eigenvalue weighted by atomic mass is 32.1. The van der Waals surface area contributed by atoms with Gasteiger partial charge in [0.2, 0.25) is 0 Å². The van der Waals surface area contributed by atoms with E-state index in [1.165, 1.54) is 4.88 Å². The minimum atomic E-state index is 0.0829.